The Morgan fingerprint density at radius 2 is 1.79 bits per heavy atom. The summed E-state index contributed by atoms with van der Waals surface area (Å²) < 4.78 is 6.10. The van der Waals surface area contributed by atoms with Gasteiger partial charge in [-0.2, -0.15) is 0 Å². The number of aliphatic carboxylic acids is 1. The van der Waals surface area contributed by atoms with Gasteiger partial charge in [-0.15, -0.1) is 0 Å². The number of esters is 1. The van der Waals surface area contributed by atoms with Crippen LogP contribution in [-0.4, -0.2) is 73.3 Å². The molecule has 0 bridgehead atoms. The minimum atomic E-state index is -1.11. The van der Waals surface area contributed by atoms with Gasteiger partial charge in [0.05, 0.1) is 30.5 Å². The van der Waals surface area contributed by atoms with E-state index in [2.05, 4.69) is 49.1 Å². The number of ketones is 1. The first-order chi connectivity index (χ1) is 24.3. The van der Waals surface area contributed by atoms with E-state index in [0.29, 0.717) is 43.4 Å². The molecule has 11 heteroatoms. The molecule has 52 heavy (non-hydrogen) atoms. The number of aliphatic hydroxyl groups excluding tert-OH is 2. The van der Waals surface area contributed by atoms with E-state index in [-0.39, 0.29) is 53.4 Å². The molecule has 1 heterocycles. The van der Waals surface area contributed by atoms with Gasteiger partial charge in [-0.25, -0.2) is 4.98 Å². The summed E-state index contributed by atoms with van der Waals surface area (Å²) >= 11 is 0. The normalized spacial score (nSPS) is 37.4. The summed E-state index contributed by atoms with van der Waals surface area (Å²) in [6, 6.07) is -0.965. The van der Waals surface area contributed by atoms with Gasteiger partial charge in [-0.05, 0) is 118 Å². The Kier molecular flexibility index (Phi) is 11.7. The molecule has 4 aliphatic carbocycles. The molecule has 0 saturated heterocycles. The van der Waals surface area contributed by atoms with E-state index in [0.717, 1.165) is 30.4 Å². The van der Waals surface area contributed by atoms with Crippen molar-refractivity contribution in [3.8, 4) is 0 Å². The first-order valence-electron chi connectivity index (χ1n) is 19.3. The number of nitrogens with one attached hydrogen (secondary N) is 2. The second kappa shape index (κ2) is 15.2. The molecule has 1 aromatic rings. The molecule has 4 saturated carbocycles. The topological polar surface area (TPSA) is 179 Å². The number of ether oxygens (including phenoxy) is 1. The molecule has 1 aromatic heterocycles. The number of rotatable bonds is 12. The number of Topliss-reactive ketones (excluding diaryl/α,β-unsaturated/α-hetero) is 1. The first-order valence-corrected chi connectivity index (χ1v) is 19.3. The van der Waals surface area contributed by atoms with E-state index in [4.69, 9.17) is 4.74 Å². The van der Waals surface area contributed by atoms with E-state index in [9.17, 15) is 34.5 Å². The van der Waals surface area contributed by atoms with E-state index >= 15 is 0 Å². The Labute approximate surface area is 308 Å². The smallest absolute Gasteiger partial charge is 0.307 e. The van der Waals surface area contributed by atoms with Crippen molar-refractivity contribution in [3.05, 3.63) is 41.0 Å². The molecule has 5 rings (SSSR count). The van der Waals surface area contributed by atoms with Crippen molar-refractivity contribution in [1.82, 2.24) is 15.3 Å². The molecule has 5 N–H and O–H groups in total. The highest BCUT2D eigenvalue weighted by Crippen LogP contribution is 2.74. The second-order valence-electron chi connectivity index (χ2n) is 17.5. The van der Waals surface area contributed by atoms with E-state index in [1.54, 1.807) is 6.92 Å². The number of H-pyrrole nitrogens is 1. The molecule has 288 valence electrons. The number of carboxylic acid groups (broad SMARTS) is 1. The van der Waals surface area contributed by atoms with Crippen LogP contribution in [-0.2, 0) is 30.3 Å². The van der Waals surface area contributed by atoms with Crippen LogP contribution in [0.4, 0.5) is 0 Å². The highest BCUT2D eigenvalue weighted by Gasteiger charge is 2.70. The fraction of sp³-hybridized carbons (Fsp3) is 0.732. The number of imidazole rings is 1. The molecule has 12 atom stereocenters. The summed E-state index contributed by atoms with van der Waals surface area (Å²) in [4.78, 5) is 59.5. The maximum atomic E-state index is 14.5. The third-order valence-corrected chi connectivity index (χ3v) is 14.2. The van der Waals surface area contributed by atoms with Crippen LogP contribution < -0.4 is 5.32 Å². The van der Waals surface area contributed by atoms with Crippen LogP contribution in [0.5, 0.6) is 0 Å². The number of hydrogen-bond acceptors (Lipinski definition) is 8. The van der Waals surface area contributed by atoms with Crippen molar-refractivity contribution < 1.29 is 39.2 Å². The van der Waals surface area contributed by atoms with Crippen molar-refractivity contribution in [3.63, 3.8) is 0 Å². The van der Waals surface area contributed by atoms with Gasteiger partial charge in [0.25, 0.3) is 0 Å². The van der Waals surface area contributed by atoms with Gasteiger partial charge in [0.2, 0.25) is 5.91 Å². The number of carbonyl (C=O) groups excluding carboxylic acids is 3. The van der Waals surface area contributed by atoms with E-state index in [1.807, 2.05) is 13.8 Å². The number of nitrogens with zero attached hydrogens (tertiary/aromatic N) is 1. The molecular weight excluding hydrogens is 662 g/mol. The number of amides is 1. The summed E-state index contributed by atoms with van der Waals surface area (Å²) in [7, 11) is 0. The van der Waals surface area contributed by atoms with Gasteiger partial charge in [0.15, 0.2) is 5.78 Å². The molecule has 1 amide bonds. The molecule has 0 aromatic carbocycles. The monoisotopic (exact) mass is 723 g/mol. The number of allylic oxidation sites excluding steroid dienone is 2. The third-order valence-electron chi connectivity index (χ3n) is 14.2. The maximum Gasteiger partial charge on any atom is 0.307 e. The van der Waals surface area contributed by atoms with Crippen LogP contribution >= 0.6 is 0 Å². The zero-order valence-corrected chi connectivity index (χ0v) is 32.3. The lowest BCUT2D eigenvalue weighted by molar-refractivity contribution is -0.234. The Hall–Kier alpha value is -3.31. The zero-order valence-electron chi connectivity index (χ0n) is 32.3. The summed E-state index contributed by atoms with van der Waals surface area (Å²) in [6.45, 7) is 16.0. The number of aromatic nitrogens is 2. The molecule has 0 spiro atoms. The molecule has 4 aliphatic rings. The van der Waals surface area contributed by atoms with Gasteiger partial charge in [-0.3, -0.25) is 19.2 Å². The van der Waals surface area contributed by atoms with Crippen molar-refractivity contribution in [2.24, 2.45) is 45.8 Å². The summed E-state index contributed by atoms with van der Waals surface area (Å²) in [5.41, 5.74) is 1.97. The molecule has 2 unspecified atom stereocenters. The van der Waals surface area contributed by atoms with Gasteiger partial charge >= 0.3 is 11.9 Å². The lowest BCUT2D eigenvalue weighted by Crippen LogP contribution is -2.65. The Balaban J connectivity index is 1.51. The van der Waals surface area contributed by atoms with Crippen molar-refractivity contribution in [1.29, 1.82) is 0 Å². The number of aromatic amines is 1. The van der Waals surface area contributed by atoms with Gasteiger partial charge in [-0.1, -0.05) is 39.3 Å². The van der Waals surface area contributed by atoms with Crippen LogP contribution in [0.15, 0.2) is 35.3 Å². The molecule has 0 aliphatic heterocycles. The van der Waals surface area contributed by atoms with Crippen molar-refractivity contribution >= 4 is 23.6 Å². The van der Waals surface area contributed by atoms with Gasteiger partial charge < -0.3 is 30.4 Å². The van der Waals surface area contributed by atoms with Gasteiger partial charge in [0, 0.05) is 37.2 Å². The highest BCUT2D eigenvalue weighted by molar-refractivity contribution is 5.98. The molecular formula is C41H61N3O8. The number of aliphatic hydroxyl groups is 2. The van der Waals surface area contributed by atoms with Crippen LogP contribution in [0.25, 0.3) is 0 Å². The number of hydrogen-bond donors (Lipinski definition) is 5. The summed E-state index contributed by atoms with van der Waals surface area (Å²) in [6.07, 6.45) is 8.38. The van der Waals surface area contributed by atoms with E-state index < -0.39 is 53.2 Å². The largest absolute Gasteiger partial charge is 0.481 e. The average molecular weight is 724 g/mol. The predicted molar refractivity (Wildman–Crippen MR) is 196 cm³/mol. The lowest BCUT2D eigenvalue weighted by Gasteiger charge is -2.69. The quantitative estimate of drug-likeness (QED) is 0.103. The minimum Gasteiger partial charge on any atom is -0.481 e. The Morgan fingerprint density at radius 1 is 1.08 bits per heavy atom. The maximum absolute atomic E-state index is 14.5. The van der Waals surface area contributed by atoms with Crippen molar-refractivity contribution in [2.45, 2.75) is 144 Å². The molecule has 4 fully saturated rings. The first kappa shape index (κ1) is 39.9. The lowest BCUT2D eigenvalue weighted by atomic mass is 9.36. The fourth-order valence-electron chi connectivity index (χ4n) is 11.5. The zero-order chi connectivity index (χ0) is 38.3. The highest BCUT2D eigenvalue weighted by atomic mass is 16.5. The second-order valence-corrected chi connectivity index (χ2v) is 17.5. The Morgan fingerprint density at radius 3 is 2.40 bits per heavy atom. The summed E-state index contributed by atoms with van der Waals surface area (Å²) in [5.74, 6) is -3.23. The van der Waals surface area contributed by atoms with Crippen LogP contribution in [0, 0.1) is 45.8 Å². The average Bonchev–Trinajstić information content (AvgIpc) is 3.66. The molecule has 11 nitrogen and oxygen atoms in total. The van der Waals surface area contributed by atoms with Crippen LogP contribution in [0.2, 0.25) is 0 Å². The Bertz CT molecular complexity index is 1580. The third kappa shape index (κ3) is 7.28. The fourth-order valence-corrected chi connectivity index (χ4v) is 11.5. The standard InChI is InChI=1S/C41H61N3O8/c1-22(2)10-9-11-28(37(49)44-24(4)32(47)17-26(38(50)51)16-27-20-42-21-43-27)35-30-18-33(48)36-39(6)14-13-31(46)23(3)29(39)12-15-40(36,7)41(30,8)19-34(35)52-25(5)45/h10,20-21,23-24,26,29-31,33-34,36,46,48H,9,11-19H2,1-8H3,(H,42,43)(H,44,49)(H,50,51)/b35-28-/t23-,24?,26?,29-,30-,31+,33+,34-,36-,39-,40-,41-/m0/s1. The summed E-state index contributed by atoms with van der Waals surface area (Å²) in [5, 5.41) is 35.9. The predicted octanol–water partition coefficient (Wildman–Crippen LogP) is 5.71. The number of carboxylic acids is 1. The van der Waals surface area contributed by atoms with Crippen LogP contribution in [0.3, 0.4) is 0 Å². The van der Waals surface area contributed by atoms with Crippen molar-refractivity contribution in [2.75, 3.05) is 0 Å². The minimum absolute atomic E-state index is 0.0307. The van der Waals surface area contributed by atoms with E-state index in [1.165, 1.54) is 19.4 Å². The number of fused-ring (bicyclic) bond motifs is 5. The SMILES string of the molecule is CC(=O)O[C@H]1C[C@@]2(C)[C@@H](C[C@@H](O)[C@H]3[C@@]4(C)CC[C@@H](O)[C@@H](C)[C@@H]4CC[C@@]32C)/C1=C(\CCC=C(C)C)C(=O)NC(C)C(=O)CC(Cc1cnc[nH]1)C(=O)O. The number of carbonyl (C=O) groups is 4. The molecule has 0 radical (unpaired) electrons. The van der Waals surface area contributed by atoms with Gasteiger partial charge in [0.1, 0.15) is 6.10 Å². The van der Waals surface area contributed by atoms with Crippen LogP contribution in [0.1, 0.15) is 119 Å².